The Balaban J connectivity index is 2.22. The average Bonchev–Trinajstić information content (AvgIpc) is 2.04. The van der Waals surface area contributed by atoms with Crippen molar-refractivity contribution in [2.45, 2.75) is 18.6 Å². The molecule has 0 spiro atoms. The molecule has 3 N–H and O–H groups in total. The quantitative estimate of drug-likeness (QED) is 0.578. The van der Waals surface area contributed by atoms with Gasteiger partial charge in [0.05, 0.1) is 19.3 Å². The Labute approximate surface area is 73.3 Å². The maximum atomic E-state index is 8.74. The number of hydrogen-bond donors (Lipinski definition) is 2. The molecule has 4 heteroatoms. The van der Waals surface area contributed by atoms with Crippen molar-refractivity contribution in [3.8, 4) is 0 Å². The van der Waals surface area contributed by atoms with E-state index >= 15 is 0 Å². The molecule has 0 aromatic rings. The van der Waals surface area contributed by atoms with E-state index in [2.05, 4.69) is 11.9 Å². The lowest BCUT2D eigenvalue weighted by atomic mass is 10.1. The van der Waals surface area contributed by atoms with Gasteiger partial charge >= 0.3 is 0 Å². The zero-order valence-corrected chi connectivity index (χ0v) is 7.57. The fourth-order valence-electron chi connectivity index (χ4n) is 1.42. The molecule has 1 fully saturated rings. The molecule has 0 aromatic carbocycles. The molecule has 1 heterocycles. The van der Waals surface area contributed by atoms with Gasteiger partial charge in [0.1, 0.15) is 0 Å². The van der Waals surface area contributed by atoms with Crippen molar-refractivity contribution in [3.05, 3.63) is 0 Å². The van der Waals surface area contributed by atoms with Crippen LogP contribution in [0.5, 0.6) is 0 Å². The van der Waals surface area contributed by atoms with Crippen molar-refractivity contribution in [2.24, 2.45) is 5.73 Å². The normalized spacial score (nSPS) is 28.8. The highest BCUT2D eigenvalue weighted by molar-refractivity contribution is 4.73. The smallest absolute Gasteiger partial charge is 0.0718 e. The Morgan fingerprint density at radius 3 is 3.08 bits per heavy atom. The van der Waals surface area contributed by atoms with Crippen molar-refractivity contribution in [3.63, 3.8) is 0 Å². The number of rotatable bonds is 3. The zero-order chi connectivity index (χ0) is 8.97. The highest BCUT2D eigenvalue weighted by Crippen LogP contribution is 2.07. The molecule has 0 aliphatic carbocycles. The molecule has 0 saturated carbocycles. The molecule has 0 bridgehead atoms. The maximum absolute atomic E-state index is 8.74. The molecular formula is C8H18N2O2. The average molecular weight is 174 g/mol. The largest absolute Gasteiger partial charge is 0.395 e. The van der Waals surface area contributed by atoms with Crippen LogP contribution in [0.3, 0.4) is 0 Å². The van der Waals surface area contributed by atoms with E-state index in [0.29, 0.717) is 0 Å². The molecule has 2 unspecified atom stereocenters. The third-order valence-corrected chi connectivity index (χ3v) is 2.14. The molecule has 0 radical (unpaired) electrons. The van der Waals surface area contributed by atoms with Gasteiger partial charge in [-0.15, -0.1) is 0 Å². The van der Waals surface area contributed by atoms with Crippen LogP contribution in [-0.4, -0.2) is 55.5 Å². The van der Waals surface area contributed by atoms with Gasteiger partial charge in [-0.3, -0.25) is 0 Å². The number of nitrogens with two attached hydrogens (primary N) is 1. The van der Waals surface area contributed by atoms with Crippen molar-refractivity contribution >= 4 is 0 Å². The summed E-state index contributed by atoms with van der Waals surface area (Å²) in [4.78, 5) is 2.22. The molecule has 2 atom stereocenters. The second-order valence-corrected chi connectivity index (χ2v) is 3.43. The second kappa shape index (κ2) is 4.77. The molecule has 72 valence electrons. The fourth-order valence-corrected chi connectivity index (χ4v) is 1.42. The summed E-state index contributed by atoms with van der Waals surface area (Å²) in [5, 5.41) is 8.74. The van der Waals surface area contributed by atoms with E-state index < -0.39 is 0 Å². The number of nitrogens with zero attached hydrogens (tertiary/aromatic N) is 1. The molecule has 1 aliphatic heterocycles. The Bertz CT molecular complexity index is 132. The minimum Gasteiger partial charge on any atom is -0.395 e. The van der Waals surface area contributed by atoms with E-state index in [1.54, 1.807) is 0 Å². The molecule has 1 aliphatic rings. The van der Waals surface area contributed by atoms with Gasteiger partial charge in [-0.25, -0.2) is 0 Å². The van der Waals surface area contributed by atoms with Gasteiger partial charge in [-0.1, -0.05) is 0 Å². The summed E-state index contributed by atoms with van der Waals surface area (Å²) in [6.07, 6.45) is 0.951. The van der Waals surface area contributed by atoms with Crippen LogP contribution in [0.4, 0.5) is 0 Å². The Morgan fingerprint density at radius 2 is 2.50 bits per heavy atom. The summed E-state index contributed by atoms with van der Waals surface area (Å²) in [5.41, 5.74) is 5.60. The first-order valence-electron chi connectivity index (χ1n) is 4.39. The number of aliphatic hydroxyl groups excluding tert-OH is 1. The molecule has 1 rings (SSSR count). The third-order valence-electron chi connectivity index (χ3n) is 2.14. The highest BCUT2D eigenvalue weighted by Gasteiger charge is 2.19. The molecule has 12 heavy (non-hydrogen) atoms. The molecule has 0 amide bonds. The van der Waals surface area contributed by atoms with Crippen LogP contribution in [0.1, 0.15) is 6.42 Å². The second-order valence-electron chi connectivity index (χ2n) is 3.43. The van der Waals surface area contributed by atoms with Gasteiger partial charge in [0, 0.05) is 19.1 Å². The van der Waals surface area contributed by atoms with Crippen LogP contribution in [0, 0.1) is 0 Å². The van der Waals surface area contributed by atoms with Gasteiger partial charge in [0.25, 0.3) is 0 Å². The van der Waals surface area contributed by atoms with Crippen LogP contribution >= 0.6 is 0 Å². The van der Waals surface area contributed by atoms with Gasteiger partial charge in [-0.05, 0) is 13.5 Å². The first kappa shape index (κ1) is 9.92. The zero-order valence-electron chi connectivity index (χ0n) is 7.57. The summed E-state index contributed by atoms with van der Waals surface area (Å²) in [7, 11) is 2.07. The number of hydrogen-bond acceptors (Lipinski definition) is 4. The van der Waals surface area contributed by atoms with Crippen LogP contribution < -0.4 is 5.73 Å². The van der Waals surface area contributed by atoms with Gasteiger partial charge < -0.3 is 20.5 Å². The van der Waals surface area contributed by atoms with E-state index in [4.69, 9.17) is 15.6 Å². The van der Waals surface area contributed by atoms with Crippen molar-refractivity contribution in [1.29, 1.82) is 0 Å². The highest BCUT2D eigenvalue weighted by atomic mass is 16.5. The van der Waals surface area contributed by atoms with Gasteiger partial charge in [-0.2, -0.15) is 0 Å². The van der Waals surface area contributed by atoms with Crippen LogP contribution in [0.25, 0.3) is 0 Å². The molecule has 1 saturated heterocycles. The minimum absolute atomic E-state index is 0.0452. The Hall–Kier alpha value is -0.160. The van der Waals surface area contributed by atoms with E-state index in [1.807, 2.05) is 0 Å². The Kier molecular flexibility index (Phi) is 3.94. The Morgan fingerprint density at radius 1 is 1.75 bits per heavy atom. The summed E-state index contributed by atoms with van der Waals surface area (Å²) in [6.45, 7) is 2.74. The number of likely N-dealkylation sites (N-methyl/N-ethyl adjacent to an activating group) is 1. The lowest BCUT2D eigenvalue weighted by molar-refractivity contribution is -0.0283. The maximum Gasteiger partial charge on any atom is 0.0718 e. The lowest BCUT2D eigenvalue weighted by Gasteiger charge is -2.31. The van der Waals surface area contributed by atoms with E-state index in [1.165, 1.54) is 0 Å². The molecule has 0 aromatic heterocycles. The predicted octanol–water partition coefficient (Wildman–Crippen LogP) is -0.973. The molecule has 4 nitrogen and oxygen atoms in total. The number of aliphatic hydroxyl groups is 1. The first-order chi connectivity index (χ1) is 5.72. The van der Waals surface area contributed by atoms with Crippen LogP contribution in [-0.2, 0) is 4.74 Å². The third kappa shape index (κ3) is 3.06. The van der Waals surface area contributed by atoms with Gasteiger partial charge in [0.2, 0.25) is 0 Å². The van der Waals surface area contributed by atoms with E-state index in [0.717, 1.165) is 26.1 Å². The van der Waals surface area contributed by atoms with Crippen molar-refractivity contribution < 1.29 is 9.84 Å². The topological polar surface area (TPSA) is 58.7 Å². The van der Waals surface area contributed by atoms with E-state index in [9.17, 15) is 0 Å². The number of morpholine rings is 1. The summed E-state index contributed by atoms with van der Waals surface area (Å²) >= 11 is 0. The standard InChI is InChI=1S/C8H18N2O2/c1-10-2-3-12-8(5-10)4-7(9)6-11/h7-8,11H,2-6,9H2,1H3. The van der Waals surface area contributed by atoms with Crippen LogP contribution in [0.2, 0.25) is 0 Å². The SMILES string of the molecule is CN1CCOC(CC(N)CO)C1. The summed E-state index contributed by atoms with van der Waals surface area (Å²) in [5.74, 6) is 0. The fraction of sp³-hybridized carbons (Fsp3) is 1.00. The van der Waals surface area contributed by atoms with Crippen molar-refractivity contribution in [2.75, 3.05) is 33.4 Å². The predicted molar refractivity (Wildman–Crippen MR) is 46.9 cm³/mol. The monoisotopic (exact) mass is 174 g/mol. The minimum atomic E-state index is -0.138. The number of ether oxygens (including phenoxy) is 1. The summed E-state index contributed by atoms with van der Waals surface area (Å²) in [6, 6.07) is -0.138. The lowest BCUT2D eigenvalue weighted by Crippen LogP contribution is -2.43. The van der Waals surface area contributed by atoms with Crippen LogP contribution in [0.15, 0.2) is 0 Å². The first-order valence-corrected chi connectivity index (χ1v) is 4.39. The van der Waals surface area contributed by atoms with Gasteiger partial charge in [0.15, 0.2) is 0 Å². The van der Waals surface area contributed by atoms with Crippen molar-refractivity contribution in [1.82, 2.24) is 4.90 Å². The summed E-state index contributed by atoms with van der Waals surface area (Å²) < 4.78 is 5.49. The van der Waals surface area contributed by atoms with E-state index in [-0.39, 0.29) is 18.8 Å². The molecular weight excluding hydrogens is 156 g/mol.